The van der Waals surface area contributed by atoms with Crippen LogP contribution in [0.4, 0.5) is 0 Å². The SMILES string of the molecule is CC[S+](CC)CC.O=[P+]([O-])[O-].[Ca+2].[OH-]. The zero-order valence-corrected chi connectivity index (χ0v) is 12.3. The molecule has 0 bridgehead atoms. The molecule has 0 amide bonds. The third kappa shape index (κ3) is 31.7. The van der Waals surface area contributed by atoms with Gasteiger partial charge in [0, 0.05) is 0 Å². The molecule has 0 rings (SSSR count). The van der Waals surface area contributed by atoms with Crippen LogP contribution in [0.2, 0.25) is 0 Å². The molecule has 0 fully saturated rings. The van der Waals surface area contributed by atoms with E-state index in [2.05, 4.69) is 20.8 Å². The second kappa shape index (κ2) is 19.2. The summed E-state index contributed by atoms with van der Waals surface area (Å²) in [6.07, 6.45) is 0. The predicted octanol–water partition coefficient (Wildman–Crippen LogP) is -0.529. The molecule has 0 heterocycles. The average molecular weight is 255 g/mol. The van der Waals surface area contributed by atoms with Crippen molar-refractivity contribution in [2.45, 2.75) is 20.8 Å². The van der Waals surface area contributed by atoms with Crippen molar-refractivity contribution in [2.24, 2.45) is 0 Å². The summed E-state index contributed by atoms with van der Waals surface area (Å²) < 4.78 is 8.48. The van der Waals surface area contributed by atoms with Gasteiger partial charge >= 0.3 is 37.7 Å². The van der Waals surface area contributed by atoms with Crippen molar-refractivity contribution in [3.05, 3.63) is 0 Å². The topological polar surface area (TPSA) is 93.2 Å². The van der Waals surface area contributed by atoms with Gasteiger partial charge in [0.25, 0.3) is 8.25 Å². The van der Waals surface area contributed by atoms with Crippen molar-refractivity contribution in [3.63, 3.8) is 0 Å². The van der Waals surface area contributed by atoms with Gasteiger partial charge in [0.15, 0.2) is 0 Å². The van der Waals surface area contributed by atoms with E-state index in [1.54, 1.807) is 0 Å². The maximum atomic E-state index is 8.48. The second-order valence-electron chi connectivity index (χ2n) is 1.70. The summed E-state index contributed by atoms with van der Waals surface area (Å²) in [7, 11) is -2.62. The van der Waals surface area contributed by atoms with E-state index in [1.807, 2.05) is 0 Å². The minimum Gasteiger partial charge on any atom is -0.870 e. The first-order valence-electron chi connectivity index (χ1n) is 3.54. The molecule has 0 aromatic rings. The molecule has 76 valence electrons. The predicted molar refractivity (Wildman–Crippen MR) is 54.3 cm³/mol. The van der Waals surface area contributed by atoms with Gasteiger partial charge in [-0.05, 0) is 31.7 Å². The van der Waals surface area contributed by atoms with Crippen LogP contribution >= 0.6 is 8.25 Å². The molecule has 7 heteroatoms. The fraction of sp³-hybridized carbons (Fsp3) is 1.00. The summed E-state index contributed by atoms with van der Waals surface area (Å²) in [6, 6.07) is 0. The molecule has 0 spiro atoms. The number of rotatable bonds is 3. The minimum absolute atomic E-state index is 0. The van der Waals surface area contributed by atoms with Crippen LogP contribution in [0.15, 0.2) is 0 Å². The van der Waals surface area contributed by atoms with Crippen LogP contribution < -0.4 is 9.79 Å². The van der Waals surface area contributed by atoms with Gasteiger partial charge in [-0.3, -0.25) is 0 Å². The Hall–Kier alpha value is 1.59. The monoisotopic (exact) mass is 255 g/mol. The summed E-state index contributed by atoms with van der Waals surface area (Å²) in [6.45, 7) is 6.82. The van der Waals surface area contributed by atoms with Crippen LogP contribution in [0.25, 0.3) is 0 Å². The van der Waals surface area contributed by atoms with Gasteiger partial charge in [0.2, 0.25) is 0 Å². The third-order valence-electron chi connectivity index (χ3n) is 1.22. The molecule has 0 saturated carbocycles. The molecule has 0 aliphatic carbocycles. The van der Waals surface area contributed by atoms with E-state index < -0.39 is 8.25 Å². The van der Waals surface area contributed by atoms with Crippen LogP contribution in [-0.2, 0) is 15.5 Å². The average Bonchev–Trinajstić information content (AvgIpc) is 1.90. The molecule has 1 N–H and O–H groups in total. The van der Waals surface area contributed by atoms with Crippen molar-refractivity contribution in [3.8, 4) is 0 Å². The van der Waals surface area contributed by atoms with E-state index in [0.717, 1.165) is 10.9 Å². The summed E-state index contributed by atoms with van der Waals surface area (Å²) in [5, 5.41) is 0. The van der Waals surface area contributed by atoms with E-state index in [0.29, 0.717) is 0 Å². The van der Waals surface area contributed by atoms with Gasteiger partial charge in [0.1, 0.15) is 17.3 Å². The molecular weight excluding hydrogens is 239 g/mol. The van der Waals surface area contributed by atoms with Crippen molar-refractivity contribution < 1.29 is 19.8 Å². The maximum Gasteiger partial charge on any atom is 2.00 e. The van der Waals surface area contributed by atoms with Crippen LogP contribution in [0, 0.1) is 0 Å². The summed E-state index contributed by atoms with van der Waals surface area (Å²) in [5.41, 5.74) is 0. The van der Waals surface area contributed by atoms with Crippen molar-refractivity contribution in [1.29, 1.82) is 0 Å². The fourth-order valence-electron chi connectivity index (χ4n) is 0.612. The molecule has 13 heavy (non-hydrogen) atoms. The van der Waals surface area contributed by atoms with Crippen LogP contribution in [-0.4, -0.2) is 60.5 Å². The van der Waals surface area contributed by atoms with Gasteiger partial charge in [-0.2, -0.15) is 0 Å². The Morgan fingerprint density at radius 2 is 1.23 bits per heavy atom. The summed E-state index contributed by atoms with van der Waals surface area (Å²) in [4.78, 5) is 17.0. The Labute approximate surface area is 114 Å². The molecule has 0 aromatic carbocycles. The van der Waals surface area contributed by atoms with Gasteiger partial charge in [-0.25, -0.2) is 0 Å². The molecule has 4 nitrogen and oxygen atoms in total. The van der Waals surface area contributed by atoms with E-state index in [4.69, 9.17) is 14.4 Å². The maximum absolute atomic E-state index is 8.48. The quantitative estimate of drug-likeness (QED) is 0.385. The fourth-order valence-corrected chi connectivity index (χ4v) is 1.84. The van der Waals surface area contributed by atoms with Gasteiger partial charge in [-0.15, -0.1) is 0 Å². The molecule has 0 aliphatic heterocycles. The van der Waals surface area contributed by atoms with Crippen molar-refractivity contribution in [1.82, 2.24) is 0 Å². The second-order valence-corrected chi connectivity index (χ2v) is 5.11. The normalized spacial score (nSPS) is 7.54. The number of hydrogen-bond donors (Lipinski definition) is 0. The Kier molecular flexibility index (Phi) is 35.5. The van der Waals surface area contributed by atoms with E-state index in [-0.39, 0.29) is 43.2 Å². The summed E-state index contributed by atoms with van der Waals surface area (Å²) in [5.74, 6) is 4.15. The standard InChI is InChI=1S/C6H15S.Ca.HO3P.H2O/c1-4-7(5-2)6-3;;1-4(2)3;/h4-6H2,1-3H3;;(H,1,2,3);1H2/q+1;+2;;/p-2. The Balaban J connectivity index is -0.0000000600. The van der Waals surface area contributed by atoms with Crippen molar-refractivity contribution in [2.75, 3.05) is 17.3 Å². The first-order chi connectivity index (χ1) is 5.08. The minimum atomic E-state index is -3.37. The largest absolute Gasteiger partial charge is 2.00 e. The molecule has 0 unspecified atom stereocenters. The first-order valence-corrected chi connectivity index (χ1v) is 6.36. The van der Waals surface area contributed by atoms with Gasteiger partial charge in [0.05, 0.1) is 0 Å². The molecule has 0 atom stereocenters. The van der Waals surface area contributed by atoms with Crippen LogP contribution in [0.5, 0.6) is 0 Å². The zero-order valence-electron chi connectivity index (χ0n) is 8.36. The molecule has 0 radical (unpaired) electrons. The van der Waals surface area contributed by atoms with Gasteiger partial charge in [-0.1, -0.05) is 4.57 Å². The molecular formula is C6H16CaO4PS+. The third-order valence-corrected chi connectivity index (χ3v) is 3.67. The van der Waals surface area contributed by atoms with Gasteiger partial charge < -0.3 is 15.3 Å². The smallest absolute Gasteiger partial charge is 0.870 e. The van der Waals surface area contributed by atoms with E-state index >= 15 is 0 Å². The Morgan fingerprint density at radius 1 is 1.08 bits per heavy atom. The van der Waals surface area contributed by atoms with E-state index in [9.17, 15) is 0 Å². The van der Waals surface area contributed by atoms with Crippen LogP contribution in [0.3, 0.4) is 0 Å². The number of hydrogen-bond acceptors (Lipinski definition) is 4. The molecule has 0 saturated heterocycles. The van der Waals surface area contributed by atoms with Crippen molar-refractivity contribution >= 4 is 56.9 Å². The molecule has 0 aliphatic rings. The van der Waals surface area contributed by atoms with Crippen LogP contribution in [0.1, 0.15) is 20.8 Å². The summed E-state index contributed by atoms with van der Waals surface area (Å²) >= 11 is 0. The zero-order chi connectivity index (χ0) is 9.28. The van der Waals surface area contributed by atoms with E-state index in [1.165, 1.54) is 17.3 Å². The molecule has 0 aromatic heterocycles. The Bertz CT molecular complexity index is 93.1. The first kappa shape index (κ1) is 24.0. The Morgan fingerprint density at radius 3 is 1.23 bits per heavy atom.